The summed E-state index contributed by atoms with van der Waals surface area (Å²) in [5, 5.41) is 12.4. The van der Waals surface area contributed by atoms with E-state index in [0.29, 0.717) is 16.5 Å². The topological polar surface area (TPSA) is 66.4 Å². The average molecular weight is 267 g/mol. The van der Waals surface area contributed by atoms with Crippen molar-refractivity contribution in [2.75, 3.05) is 5.32 Å². The SMILES string of the molecule is CC[C@@H]1CCc2c(sc(NC(C)=O)c2C(=O)O)C1. The monoisotopic (exact) mass is 267 g/mol. The zero-order valence-electron chi connectivity index (χ0n) is 10.6. The Bertz CT molecular complexity index is 493. The number of thiophene rings is 1. The maximum absolute atomic E-state index is 11.3. The first-order valence-electron chi connectivity index (χ1n) is 6.18. The van der Waals surface area contributed by atoms with Crippen LogP contribution in [0.4, 0.5) is 5.00 Å². The van der Waals surface area contributed by atoms with Crippen LogP contribution in [0.2, 0.25) is 0 Å². The smallest absolute Gasteiger partial charge is 0.339 e. The second-order valence-electron chi connectivity index (χ2n) is 4.71. The Morgan fingerprint density at radius 1 is 1.50 bits per heavy atom. The normalized spacial score (nSPS) is 18.2. The molecule has 5 heteroatoms. The lowest BCUT2D eigenvalue weighted by molar-refractivity contribution is -0.114. The van der Waals surface area contributed by atoms with Crippen LogP contribution < -0.4 is 5.32 Å². The maximum atomic E-state index is 11.3. The number of fused-ring (bicyclic) bond motifs is 1. The van der Waals surface area contributed by atoms with Crippen molar-refractivity contribution in [3.63, 3.8) is 0 Å². The molecule has 1 aromatic heterocycles. The summed E-state index contributed by atoms with van der Waals surface area (Å²) >= 11 is 1.42. The molecule has 98 valence electrons. The molecule has 1 aromatic rings. The first kappa shape index (κ1) is 13.1. The van der Waals surface area contributed by atoms with Gasteiger partial charge in [0.15, 0.2) is 0 Å². The molecule has 1 heterocycles. The van der Waals surface area contributed by atoms with E-state index in [4.69, 9.17) is 0 Å². The van der Waals surface area contributed by atoms with Gasteiger partial charge in [0, 0.05) is 11.8 Å². The number of nitrogens with one attached hydrogen (secondary N) is 1. The molecule has 1 aliphatic carbocycles. The maximum Gasteiger partial charge on any atom is 0.339 e. The van der Waals surface area contributed by atoms with Crippen molar-refractivity contribution < 1.29 is 14.7 Å². The van der Waals surface area contributed by atoms with Crippen LogP contribution >= 0.6 is 11.3 Å². The molecule has 0 aromatic carbocycles. The standard InChI is InChI=1S/C13H17NO3S/c1-3-8-4-5-9-10(6-8)18-12(14-7(2)15)11(9)13(16)17/h8H,3-6H2,1-2H3,(H,14,15)(H,16,17)/t8-/m1/s1. The number of anilines is 1. The highest BCUT2D eigenvalue weighted by atomic mass is 32.1. The number of carboxylic acid groups (broad SMARTS) is 1. The molecule has 2 rings (SSSR count). The molecule has 1 atom stereocenters. The van der Waals surface area contributed by atoms with Gasteiger partial charge in [0.1, 0.15) is 5.00 Å². The number of hydrogen-bond acceptors (Lipinski definition) is 3. The molecule has 0 fully saturated rings. The van der Waals surface area contributed by atoms with Gasteiger partial charge in [-0.15, -0.1) is 11.3 Å². The van der Waals surface area contributed by atoms with Crippen molar-refractivity contribution in [3.05, 3.63) is 16.0 Å². The van der Waals surface area contributed by atoms with Crippen molar-refractivity contribution in [1.82, 2.24) is 0 Å². The Hall–Kier alpha value is -1.36. The highest BCUT2D eigenvalue weighted by Crippen LogP contribution is 2.40. The third kappa shape index (κ3) is 2.41. The third-order valence-electron chi connectivity index (χ3n) is 3.45. The van der Waals surface area contributed by atoms with E-state index in [0.717, 1.165) is 36.1 Å². The molecule has 0 unspecified atom stereocenters. The van der Waals surface area contributed by atoms with Crippen LogP contribution in [0.25, 0.3) is 0 Å². The van der Waals surface area contributed by atoms with Crippen molar-refractivity contribution in [2.45, 2.75) is 39.5 Å². The van der Waals surface area contributed by atoms with Gasteiger partial charge in [-0.2, -0.15) is 0 Å². The summed E-state index contributed by atoms with van der Waals surface area (Å²) in [4.78, 5) is 23.6. The summed E-state index contributed by atoms with van der Waals surface area (Å²) in [6, 6.07) is 0. The van der Waals surface area contributed by atoms with E-state index in [2.05, 4.69) is 12.2 Å². The number of aromatic carboxylic acids is 1. The molecule has 0 aliphatic heterocycles. The van der Waals surface area contributed by atoms with Crippen molar-refractivity contribution >= 4 is 28.2 Å². The summed E-state index contributed by atoms with van der Waals surface area (Å²) in [6.45, 7) is 3.56. The Balaban J connectivity index is 2.40. The second-order valence-corrected chi connectivity index (χ2v) is 5.82. The van der Waals surface area contributed by atoms with E-state index in [9.17, 15) is 14.7 Å². The van der Waals surface area contributed by atoms with E-state index in [-0.39, 0.29) is 5.91 Å². The summed E-state index contributed by atoms with van der Waals surface area (Å²) in [5.74, 6) is -0.516. The minimum absolute atomic E-state index is 0.219. The molecular formula is C13H17NO3S. The van der Waals surface area contributed by atoms with E-state index in [1.165, 1.54) is 18.3 Å². The van der Waals surface area contributed by atoms with Crippen LogP contribution in [0.1, 0.15) is 47.5 Å². The van der Waals surface area contributed by atoms with Gasteiger partial charge in [-0.25, -0.2) is 4.79 Å². The van der Waals surface area contributed by atoms with Gasteiger partial charge in [-0.1, -0.05) is 13.3 Å². The number of amides is 1. The zero-order valence-corrected chi connectivity index (χ0v) is 11.4. The quantitative estimate of drug-likeness (QED) is 0.885. The number of carbonyl (C=O) groups is 2. The lowest BCUT2D eigenvalue weighted by atomic mass is 9.86. The molecule has 0 saturated carbocycles. The van der Waals surface area contributed by atoms with Gasteiger partial charge < -0.3 is 10.4 Å². The summed E-state index contributed by atoms with van der Waals surface area (Å²) in [5.41, 5.74) is 1.24. The fourth-order valence-electron chi connectivity index (χ4n) is 2.48. The average Bonchev–Trinajstić information content (AvgIpc) is 2.64. The van der Waals surface area contributed by atoms with Gasteiger partial charge in [0.05, 0.1) is 5.56 Å². The summed E-state index contributed by atoms with van der Waals surface area (Å²) in [7, 11) is 0. The molecule has 0 saturated heterocycles. The molecule has 18 heavy (non-hydrogen) atoms. The van der Waals surface area contributed by atoms with Crippen LogP contribution in [-0.2, 0) is 17.6 Å². The molecule has 0 spiro atoms. The molecule has 4 nitrogen and oxygen atoms in total. The Morgan fingerprint density at radius 2 is 2.22 bits per heavy atom. The van der Waals surface area contributed by atoms with Crippen LogP contribution in [0.15, 0.2) is 0 Å². The molecule has 0 radical (unpaired) electrons. The van der Waals surface area contributed by atoms with Crippen LogP contribution in [0.3, 0.4) is 0 Å². The number of rotatable bonds is 3. The van der Waals surface area contributed by atoms with Gasteiger partial charge >= 0.3 is 5.97 Å². The Labute approximate surface area is 110 Å². The summed E-state index contributed by atoms with van der Waals surface area (Å²) < 4.78 is 0. The van der Waals surface area contributed by atoms with Crippen LogP contribution in [0.5, 0.6) is 0 Å². The fraction of sp³-hybridized carbons (Fsp3) is 0.538. The highest BCUT2D eigenvalue weighted by molar-refractivity contribution is 7.17. The molecule has 1 amide bonds. The lowest BCUT2D eigenvalue weighted by Gasteiger charge is -2.20. The van der Waals surface area contributed by atoms with E-state index in [1.807, 2.05) is 0 Å². The highest BCUT2D eigenvalue weighted by Gasteiger charge is 2.28. The van der Waals surface area contributed by atoms with Gasteiger partial charge in [0.2, 0.25) is 5.91 Å². The minimum Gasteiger partial charge on any atom is -0.478 e. The number of hydrogen-bond donors (Lipinski definition) is 2. The van der Waals surface area contributed by atoms with Crippen molar-refractivity contribution in [2.24, 2.45) is 5.92 Å². The largest absolute Gasteiger partial charge is 0.478 e. The van der Waals surface area contributed by atoms with Crippen LogP contribution in [0, 0.1) is 5.92 Å². The van der Waals surface area contributed by atoms with Crippen molar-refractivity contribution in [1.29, 1.82) is 0 Å². The van der Waals surface area contributed by atoms with Gasteiger partial charge in [-0.05, 0) is 30.7 Å². The van der Waals surface area contributed by atoms with Gasteiger partial charge in [-0.3, -0.25) is 4.79 Å². The zero-order chi connectivity index (χ0) is 13.3. The first-order valence-corrected chi connectivity index (χ1v) is 7.00. The predicted octanol–water partition coefficient (Wildman–Crippen LogP) is 2.92. The third-order valence-corrected chi connectivity index (χ3v) is 4.62. The second kappa shape index (κ2) is 5.10. The Kier molecular flexibility index (Phi) is 3.71. The van der Waals surface area contributed by atoms with Crippen molar-refractivity contribution in [3.8, 4) is 0 Å². The van der Waals surface area contributed by atoms with E-state index in [1.54, 1.807) is 0 Å². The molecule has 1 aliphatic rings. The number of carbonyl (C=O) groups excluding carboxylic acids is 1. The van der Waals surface area contributed by atoms with Gasteiger partial charge in [0.25, 0.3) is 0 Å². The Morgan fingerprint density at radius 3 is 2.78 bits per heavy atom. The van der Waals surface area contributed by atoms with Crippen LogP contribution in [-0.4, -0.2) is 17.0 Å². The predicted molar refractivity (Wildman–Crippen MR) is 71.4 cm³/mol. The molecular weight excluding hydrogens is 250 g/mol. The van der Waals surface area contributed by atoms with E-state index >= 15 is 0 Å². The lowest BCUT2D eigenvalue weighted by Crippen LogP contribution is -2.14. The summed E-state index contributed by atoms with van der Waals surface area (Å²) in [6.07, 6.45) is 3.91. The first-order chi connectivity index (χ1) is 8.52. The minimum atomic E-state index is -0.939. The molecule has 0 bridgehead atoms. The fourth-order valence-corrected chi connectivity index (χ4v) is 3.88. The number of carboxylic acids is 1. The molecule has 2 N–H and O–H groups in total. The van der Waals surface area contributed by atoms with E-state index < -0.39 is 5.97 Å².